The van der Waals surface area contributed by atoms with Gasteiger partial charge in [-0.3, -0.25) is 9.98 Å². The molecule has 2 aromatic rings. The van der Waals surface area contributed by atoms with Crippen LogP contribution in [0.4, 0.5) is 5.69 Å². The number of rotatable bonds is 4. The average molecular weight is 431 g/mol. The fourth-order valence-electron chi connectivity index (χ4n) is 3.78. The number of thioether (sulfide) groups is 1. The highest BCUT2D eigenvalue weighted by molar-refractivity contribution is 9.10. The van der Waals surface area contributed by atoms with E-state index in [0.29, 0.717) is 6.04 Å². The SMILES string of the molecule is CC[C@@H]1CSC2=N[C@@H](c3ccccn3)[C@@H](c3ccc(N(C)C)c(Br)c3)N21. The average Bonchev–Trinajstić information content (AvgIpc) is 3.20. The Morgan fingerprint density at radius 3 is 2.77 bits per heavy atom. The molecule has 0 N–H and O–H groups in total. The van der Waals surface area contributed by atoms with Gasteiger partial charge in [0.15, 0.2) is 5.17 Å². The van der Waals surface area contributed by atoms with Crippen molar-refractivity contribution in [1.29, 1.82) is 0 Å². The van der Waals surface area contributed by atoms with Crippen LogP contribution in [-0.2, 0) is 0 Å². The van der Waals surface area contributed by atoms with Crippen molar-refractivity contribution in [2.24, 2.45) is 4.99 Å². The molecule has 136 valence electrons. The summed E-state index contributed by atoms with van der Waals surface area (Å²) < 4.78 is 1.12. The Labute approximate surface area is 167 Å². The Morgan fingerprint density at radius 2 is 2.12 bits per heavy atom. The highest BCUT2D eigenvalue weighted by Gasteiger charge is 2.45. The standard InChI is InChI=1S/C20H23BrN4S/c1-4-14-12-26-20-23-18(16-7-5-6-10-22-16)19(25(14)20)13-8-9-17(24(2)3)15(21)11-13/h5-11,14,18-19H,4,12H2,1-3H3/t14-,18+,19-/m1/s1. The zero-order valence-electron chi connectivity index (χ0n) is 15.3. The van der Waals surface area contributed by atoms with E-state index in [4.69, 9.17) is 4.99 Å². The van der Waals surface area contributed by atoms with Gasteiger partial charge in [-0.2, -0.15) is 0 Å². The van der Waals surface area contributed by atoms with Crippen molar-refractivity contribution >= 4 is 38.5 Å². The molecule has 0 saturated carbocycles. The number of pyridine rings is 1. The predicted molar refractivity (Wildman–Crippen MR) is 114 cm³/mol. The van der Waals surface area contributed by atoms with Crippen molar-refractivity contribution in [3.8, 4) is 0 Å². The molecule has 0 amide bonds. The summed E-state index contributed by atoms with van der Waals surface area (Å²) in [5.74, 6) is 1.12. The van der Waals surface area contributed by atoms with Gasteiger partial charge in [0.2, 0.25) is 0 Å². The topological polar surface area (TPSA) is 31.7 Å². The Hall–Kier alpha value is -1.53. The predicted octanol–water partition coefficient (Wildman–Crippen LogP) is 4.89. The van der Waals surface area contributed by atoms with E-state index in [2.05, 4.69) is 82.1 Å². The molecule has 26 heavy (non-hydrogen) atoms. The highest BCUT2D eigenvalue weighted by Crippen LogP contribution is 2.49. The molecular formula is C20H23BrN4S. The number of aromatic nitrogens is 1. The number of hydrogen-bond donors (Lipinski definition) is 0. The summed E-state index contributed by atoms with van der Waals surface area (Å²) in [5.41, 5.74) is 3.52. The second kappa shape index (κ2) is 7.24. The quantitative estimate of drug-likeness (QED) is 0.690. The molecule has 1 aromatic carbocycles. The molecule has 2 aliphatic heterocycles. The number of amidine groups is 1. The van der Waals surface area contributed by atoms with Crippen molar-refractivity contribution in [1.82, 2.24) is 9.88 Å². The molecule has 2 aliphatic rings. The summed E-state index contributed by atoms with van der Waals surface area (Å²) in [5, 5.41) is 1.17. The number of fused-ring (bicyclic) bond motifs is 1. The van der Waals surface area contributed by atoms with E-state index in [-0.39, 0.29) is 12.1 Å². The van der Waals surface area contributed by atoms with Crippen LogP contribution in [0.2, 0.25) is 0 Å². The van der Waals surface area contributed by atoms with Gasteiger partial charge in [0.25, 0.3) is 0 Å². The number of hydrogen-bond acceptors (Lipinski definition) is 5. The molecule has 1 saturated heterocycles. The molecule has 4 rings (SSSR count). The maximum atomic E-state index is 5.08. The van der Waals surface area contributed by atoms with E-state index in [1.807, 2.05) is 24.0 Å². The first kappa shape index (κ1) is 17.9. The summed E-state index contributed by atoms with van der Waals surface area (Å²) in [6.07, 6.45) is 3.00. The Bertz CT molecular complexity index is 824. The van der Waals surface area contributed by atoms with E-state index < -0.39 is 0 Å². The van der Waals surface area contributed by atoms with Crippen LogP contribution in [0.15, 0.2) is 52.1 Å². The van der Waals surface area contributed by atoms with E-state index in [9.17, 15) is 0 Å². The van der Waals surface area contributed by atoms with Crippen molar-refractivity contribution in [2.75, 3.05) is 24.7 Å². The first-order valence-corrected chi connectivity index (χ1v) is 10.7. The number of halogens is 1. The minimum absolute atomic E-state index is 0.0464. The third kappa shape index (κ3) is 3.03. The van der Waals surface area contributed by atoms with Crippen LogP contribution in [-0.4, -0.2) is 40.9 Å². The summed E-state index contributed by atoms with van der Waals surface area (Å²) in [4.78, 5) is 14.4. The summed E-state index contributed by atoms with van der Waals surface area (Å²) in [7, 11) is 4.13. The van der Waals surface area contributed by atoms with E-state index in [1.54, 1.807) is 0 Å². The van der Waals surface area contributed by atoms with Crippen LogP contribution in [0, 0.1) is 0 Å². The maximum Gasteiger partial charge on any atom is 0.160 e. The first-order valence-electron chi connectivity index (χ1n) is 8.96. The minimum atomic E-state index is 0.0464. The van der Waals surface area contributed by atoms with Gasteiger partial charge < -0.3 is 9.80 Å². The van der Waals surface area contributed by atoms with Gasteiger partial charge in [0.1, 0.15) is 6.04 Å². The monoisotopic (exact) mass is 430 g/mol. The third-order valence-corrected chi connectivity index (χ3v) is 6.89. The largest absolute Gasteiger partial charge is 0.377 e. The lowest BCUT2D eigenvalue weighted by Crippen LogP contribution is -2.35. The molecule has 3 atom stereocenters. The van der Waals surface area contributed by atoms with Gasteiger partial charge in [0.05, 0.1) is 17.4 Å². The molecule has 1 aromatic heterocycles. The molecule has 0 radical (unpaired) electrons. The zero-order chi connectivity index (χ0) is 18.3. The highest BCUT2D eigenvalue weighted by atomic mass is 79.9. The Morgan fingerprint density at radius 1 is 1.27 bits per heavy atom. The fraction of sp³-hybridized carbons (Fsp3) is 0.400. The summed E-state index contributed by atoms with van der Waals surface area (Å²) in [6, 6.07) is 13.6. The molecule has 0 bridgehead atoms. The summed E-state index contributed by atoms with van der Waals surface area (Å²) >= 11 is 5.64. The number of nitrogens with zero attached hydrogens (tertiary/aromatic N) is 4. The lowest BCUT2D eigenvalue weighted by Gasteiger charge is -2.32. The van der Waals surface area contributed by atoms with Crippen molar-refractivity contribution in [2.45, 2.75) is 31.5 Å². The molecular weight excluding hydrogens is 408 g/mol. The second-order valence-corrected chi connectivity index (χ2v) is 8.78. The molecule has 4 nitrogen and oxygen atoms in total. The Kier molecular flexibility index (Phi) is 4.97. The van der Waals surface area contributed by atoms with Crippen LogP contribution < -0.4 is 4.90 Å². The molecule has 0 spiro atoms. The van der Waals surface area contributed by atoms with Crippen molar-refractivity contribution in [3.05, 3.63) is 58.3 Å². The fourth-order valence-corrected chi connectivity index (χ4v) is 5.87. The third-order valence-electron chi connectivity index (χ3n) is 5.12. The maximum absolute atomic E-state index is 5.08. The zero-order valence-corrected chi connectivity index (χ0v) is 17.7. The first-order chi connectivity index (χ1) is 12.6. The van der Waals surface area contributed by atoms with E-state index in [1.165, 1.54) is 16.4 Å². The van der Waals surface area contributed by atoms with Gasteiger partial charge in [-0.15, -0.1) is 0 Å². The van der Waals surface area contributed by atoms with E-state index >= 15 is 0 Å². The number of anilines is 1. The van der Waals surface area contributed by atoms with Gasteiger partial charge in [0, 0.05) is 36.6 Å². The van der Waals surface area contributed by atoms with Crippen LogP contribution in [0.5, 0.6) is 0 Å². The number of aliphatic imine (C=N–C) groups is 1. The van der Waals surface area contributed by atoms with Gasteiger partial charge >= 0.3 is 0 Å². The smallest absolute Gasteiger partial charge is 0.160 e. The lowest BCUT2D eigenvalue weighted by molar-refractivity contribution is 0.255. The minimum Gasteiger partial charge on any atom is -0.377 e. The normalized spacial score (nSPS) is 24.5. The number of benzene rings is 1. The molecule has 0 aliphatic carbocycles. The van der Waals surface area contributed by atoms with Crippen LogP contribution in [0.25, 0.3) is 0 Å². The van der Waals surface area contributed by atoms with Gasteiger partial charge in [-0.25, -0.2) is 0 Å². The molecule has 3 heterocycles. The Balaban J connectivity index is 1.78. The lowest BCUT2D eigenvalue weighted by atomic mass is 9.95. The van der Waals surface area contributed by atoms with Gasteiger partial charge in [-0.1, -0.05) is 30.8 Å². The second-order valence-electron chi connectivity index (χ2n) is 6.94. The van der Waals surface area contributed by atoms with Crippen LogP contribution in [0.1, 0.15) is 36.7 Å². The van der Waals surface area contributed by atoms with Crippen LogP contribution >= 0.6 is 27.7 Å². The summed E-state index contributed by atoms with van der Waals surface area (Å²) in [6.45, 7) is 2.27. The molecule has 6 heteroatoms. The molecule has 1 fully saturated rings. The van der Waals surface area contributed by atoms with E-state index in [0.717, 1.165) is 22.3 Å². The molecule has 0 unspecified atom stereocenters. The van der Waals surface area contributed by atoms with Gasteiger partial charge in [-0.05, 0) is 52.2 Å². The van der Waals surface area contributed by atoms with Crippen molar-refractivity contribution < 1.29 is 0 Å². The van der Waals surface area contributed by atoms with Crippen LogP contribution in [0.3, 0.4) is 0 Å². The van der Waals surface area contributed by atoms with Crippen molar-refractivity contribution in [3.63, 3.8) is 0 Å².